The summed E-state index contributed by atoms with van der Waals surface area (Å²) < 4.78 is 54.5. The van der Waals surface area contributed by atoms with Crippen molar-refractivity contribution in [2.45, 2.75) is 24.0 Å². The monoisotopic (exact) mass is 331 g/mol. The molecule has 0 aliphatic heterocycles. The summed E-state index contributed by atoms with van der Waals surface area (Å²) in [7, 11) is 0. The number of alkyl halides is 3. The Bertz CT molecular complexity index is 589. The molecule has 0 saturated carbocycles. The Morgan fingerprint density at radius 2 is 1.73 bits per heavy atom. The minimum Gasteiger partial charge on any atom is -0.244 e. The van der Waals surface area contributed by atoms with Crippen molar-refractivity contribution >= 4 is 11.9 Å². The van der Waals surface area contributed by atoms with Crippen molar-refractivity contribution in [1.29, 1.82) is 0 Å². The van der Waals surface area contributed by atoms with E-state index >= 15 is 0 Å². The molecule has 1 heterocycles. The topological polar surface area (TPSA) is 29.0 Å². The van der Waals surface area contributed by atoms with E-state index in [4.69, 9.17) is 0 Å². The van der Waals surface area contributed by atoms with Crippen molar-refractivity contribution in [3.63, 3.8) is 0 Å². The molecule has 1 atom stereocenters. The van der Waals surface area contributed by atoms with Gasteiger partial charge in [-0.2, -0.15) is 13.2 Å². The van der Waals surface area contributed by atoms with Crippen LogP contribution < -0.4 is 0 Å². The Hall–Kier alpha value is -1.67. The molecule has 118 valence electrons. The first-order valence-electron chi connectivity index (χ1n) is 6.43. The quantitative estimate of drug-likeness (QED) is 0.605. The summed E-state index contributed by atoms with van der Waals surface area (Å²) in [6, 6.07) is 2.51. The number of nitrogens with zero attached hydrogens (tertiary/aromatic N) is 3. The van der Waals surface area contributed by atoms with Crippen LogP contribution in [0, 0.1) is 5.82 Å². The van der Waals surface area contributed by atoms with Crippen molar-refractivity contribution < 1.29 is 17.6 Å². The standard InChI is InChI=1S/C14H13F4N3S/c1-2-21(22-12-7-19-9-20-8-12)13(14(16,17)18)10-3-5-11(15)6-4-10/h3-9,13H,2H2,1H3. The van der Waals surface area contributed by atoms with E-state index in [1.165, 1.54) is 23.0 Å². The number of halogens is 4. The molecule has 0 radical (unpaired) electrons. The summed E-state index contributed by atoms with van der Waals surface area (Å²) in [6.07, 6.45) is -0.297. The highest BCUT2D eigenvalue weighted by atomic mass is 32.2. The first kappa shape index (κ1) is 16.7. The molecule has 3 nitrogen and oxygen atoms in total. The minimum absolute atomic E-state index is 0.0138. The van der Waals surface area contributed by atoms with Crippen LogP contribution in [-0.4, -0.2) is 27.0 Å². The van der Waals surface area contributed by atoms with Crippen LogP contribution in [-0.2, 0) is 0 Å². The van der Waals surface area contributed by atoms with Crippen LogP contribution in [0.5, 0.6) is 0 Å². The molecule has 0 amide bonds. The van der Waals surface area contributed by atoms with Gasteiger partial charge in [0.15, 0.2) is 0 Å². The van der Waals surface area contributed by atoms with Crippen LogP contribution in [0.2, 0.25) is 0 Å². The molecule has 1 aromatic carbocycles. The van der Waals surface area contributed by atoms with Gasteiger partial charge < -0.3 is 0 Å². The van der Waals surface area contributed by atoms with Gasteiger partial charge in [0.05, 0.1) is 4.90 Å². The third kappa shape index (κ3) is 4.17. The van der Waals surface area contributed by atoms with E-state index in [0.29, 0.717) is 4.90 Å². The molecule has 0 N–H and O–H groups in total. The van der Waals surface area contributed by atoms with E-state index in [0.717, 1.165) is 36.2 Å². The Kier molecular flexibility index (Phi) is 5.36. The van der Waals surface area contributed by atoms with Crippen LogP contribution in [0.25, 0.3) is 0 Å². The molecule has 0 fully saturated rings. The molecule has 1 unspecified atom stereocenters. The fraction of sp³-hybridized carbons (Fsp3) is 0.286. The second-order valence-electron chi connectivity index (χ2n) is 4.39. The highest BCUT2D eigenvalue weighted by Gasteiger charge is 2.44. The van der Waals surface area contributed by atoms with Gasteiger partial charge in [0.1, 0.15) is 18.2 Å². The molecule has 22 heavy (non-hydrogen) atoms. The van der Waals surface area contributed by atoms with E-state index in [-0.39, 0.29) is 12.1 Å². The summed E-state index contributed by atoms with van der Waals surface area (Å²) in [6.45, 7) is 1.76. The first-order valence-corrected chi connectivity index (χ1v) is 7.21. The summed E-state index contributed by atoms with van der Waals surface area (Å²) in [4.78, 5) is 8.08. The van der Waals surface area contributed by atoms with Crippen molar-refractivity contribution in [3.05, 3.63) is 54.4 Å². The van der Waals surface area contributed by atoms with Gasteiger partial charge in [-0.25, -0.2) is 18.7 Å². The number of aromatic nitrogens is 2. The van der Waals surface area contributed by atoms with Crippen LogP contribution in [0.1, 0.15) is 18.5 Å². The van der Waals surface area contributed by atoms with Gasteiger partial charge in [0.25, 0.3) is 0 Å². The van der Waals surface area contributed by atoms with Crippen molar-refractivity contribution in [2.24, 2.45) is 0 Å². The lowest BCUT2D eigenvalue weighted by Crippen LogP contribution is -2.34. The zero-order valence-electron chi connectivity index (χ0n) is 11.6. The molecule has 1 aromatic heterocycles. The summed E-state index contributed by atoms with van der Waals surface area (Å²) in [5.41, 5.74) is -0.0138. The third-order valence-electron chi connectivity index (χ3n) is 2.85. The van der Waals surface area contributed by atoms with Crippen molar-refractivity contribution in [3.8, 4) is 0 Å². The lowest BCUT2D eigenvalue weighted by molar-refractivity contribution is -0.172. The Labute approximate surface area is 129 Å². The van der Waals surface area contributed by atoms with Crippen LogP contribution in [0.3, 0.4) is 0 Å². The van der Waals surface area contributed by atoms with Crippen molar-refractivity contribution in [1.82, 2.24) is 14.3 Å². The van der Waals surface area contributed by atoms with Gasteiger partial charge in [-0.15, -0.1) is 0 Å². The molecule has 0 spiro atoms. The molecular formula is C14H13F4N3S. The normalized spacial score (nSPS) is 13.4. The van der Waals surface area contributed by atoms with E-state index in [2.05, 4.69) is 9.97 Å². The zero-order valence-corrected chi connectivity index (χ0v) is 12.4. The SMILES string of the molecule is CCN(Sc1cncnc1)C(c1ccc(F)cc1)C(F)(F)F. The molecule has 0 saturated heterocycles. The van der Waals surface area contributed by atoms with Crippen LogP contribution in [0.4, 0.5) is 17.6 Å². The number of rotatable bonds is 5. The molecule has 0 aliphatic rings. The van der Waals surface area contributed by atoms with Gasteiger partial charge in [-0.1, -0.05) is 19.1 Å². The average molecular weight is 331 g/mol. The molecule has 2 aromatic rings. The van der Waals surface area contributed by atoms with Gasteiger partial charge in [-0.05, 0) is 29.6 Å². The van der Waals surface area contributed by atoms with E-state index < -0.39 is 18.0 Å². The molecule has 0 bridgehead atoms. The highest BCUT2D eigenvalue weighted by molar-refractivity contribution is 7.97. The molecular weight excluding hydrogens is 318 g/mol. The second kappa shape index (κ2) is 7.06. The Morgan fingerprint density at radius 1 is 1.14 bits per heavy atom. The number of hydrogen-bond acceptors (Lipinski definition) is 4. The minimum atomic E-state index is -4.49. The predicted molar refractivity (Wildman–Crippen MR) is 75.5 cm³/mol. The van der Waals surface area contributed by atoms with Gasteiger partial charge >= 0.3 is 6.18 Å². The summed E-state index contributed by atoms with van der Waals surface area (Å²) >= 11 is 0.917. The lowest BCUT2D eigenvalue weighted by Gasteiger charge is -2.31. The van der Waals surface area contributed by atoms with Gasteiger partial charge in [0, 0.05) is 18.9 Å². The highest BCUT2D eigenvalue weighted by Crippen LogP contribution is 2.42. The summed E-state index contributed by atoms with van der Waals surface area (Å²) in [5.74, 6) is -0.572. The van der Waals surface area contributed by atoms with E-state index in [1.54, 1.807) is 6.92 Å². The number of benzene rings is 1. The fourth-order valence-electron chi connectivity index (χ4n) is 1.93. The largest absolute Gasteiger partial charge is 0.408 e. The second-order valence-corrected chi connectivity index (χ2v) is 5.52. The maximum atomic E-state index is 13.5. The van der Waals surface area contributed by atoms with Crippen LogP contribution in [0.15, 0.2) is 47.9 Å². The number of hydrogen-bond donors (Lipinski definition) is 0. The van der Waals surface area contributed by atoms with Crippen LogP contribution >= 0.6 is 11.9 Å². The predicted octanol–water partition coefficient (Wildman–Crippen LogP) is 4.25. The third-order valence-corrected chi connectivity index (χ3v) is 3.98. The van der Waals surface area contributed by atoms with Gasteiger partial charge in [-0.3, -0.25) is 0 Å². The average Bonchev–Trinajstić information content (AvgIpc) is 2.48. The van der Waals surface area contributed by atoms with E-state index in [1.807, 2.05) is 0 Å². The lowest BCUT2D eigenvalue weighted by atomic mass is 10.1. The maximum Gasteiger partial charge on any atom is 0.408 e. The fourth-order valence-corrected chi connectivity index (χ4v) is 2.89. The molecule has 0 aliphatic carbocycles. The summed E-state index contributed by atoms with van der Waals surface area (Å²) in [5, 5.41) is 0. The Morgan fingerprint density at radius 3 is 2.23 bits per heavy atom. The van der Waals surface area contributed by atoms with Crippen molar-refractivity contribution in [2.75, 3.05) is 6.54 Å². The smallest absolute Gasteiger partial charge is 0.244 e. The molecule has 8 heteroatoms. The zero-order chi connectivity index (χ0) is 16.2. The first-order chi connectivity index (χ1) is 10.4. The maximum absolute atomic E-state index is 13.5. The Balaban J connectivity index is 2.32. The van der Waals surface area contributed by atoms with E-state index in [9.17, 15) is 17.6 Å². The molecule has 2 rings (SSSR count). The van der Waals surface area contributed by atoms with Gasteiger partial charge in [0.2, 0.25) is 0 Å².